The van der Waals surface area contributed by atoms with Crippen LogP contribution in [0, 0.1) is 0 Å². The van der Waals surface area contributed by atoms with Crippen LogP contribution in [0.4, 0.5) is 0 Å². The Morgan fingerprint density at radius 2 is 1.95 bits per heavy atom. The minimum atomic E-state index is 0.0997. The monoisotopic (exact) mass is 274 g/mol. The van der Waals surface area contributed by atoms with Crippen LogP contribution in [0.3, 0.4) is 0 Å². The summed E-state index contributed by atoms with van der Waals surface area (Å²) in [4.78, 5) is 2.66. The van der Waals surface area contributed by atoms with E-state index < -0.39 is 0 Å². The van der Waals surface area contributed by atoms with Crippen LogP contribution in [0.2, 0.25) is 0 Å². The summed E-state index contributed by atoms with van der Waals surface area (Å²) >= 11 is 0. The lowest BCUT2D eigenvalue weighted by Gasteiger charge is -2.34. The van der Waals surface area contributed by atoms with Gasteiger partial charge in [0.1, 0.15) is 0 Å². The van der Waals surface area contributed by atoms with E-state index >= 15 is 0 Å². The fraction of sp³-hybridized carbons (Fsp3) is 0.667. The molecule has 1 aromatic carbocycles. The SMILES string of the molecule is CCCCCCN1CCCNC(C)(c2ccccc2)C1. The third-order valence-electron chi connectivity index (χ3n) is 4.44. The maximum absolute atomic E-state index is 3.76. The molecule has 1 unspecified atom stereocenters. The number of rotatable bonds is 6. The van der Waals surface area contributed by atoms with Gasteiger partial charge in [-0.1, -0.05) is 56.5 Å². The first-order valence-electron chi connectivity index (χ1n) is 8.27. The van der Waals surface area contributed by atoms with Crippen molar-refractivity contribution in [1.82, 2.24) is 10.2 Å². The van der Waals surface area contributed by atoms with Gasteiger partial charge in [0.15, 0.2) is 0 Å². The van der Waals surface area contributed by atoms with Gasteiger partial charge >= 0.3 is 0 Å². The molecule has 0 bridgehead atoms. The molecule has 20 heavy (non-hydrogen) atoms. The van der Waals surface area contributed by atoms with E-state index in [2.05, 4.69) is 54.4 Å². The molecule has 1 aliphatic rings. The molecule has 2 heteroatoms. The molecule has 2 rings (SSSR count). The van der Waals surface area contributed by atoms with Crippen LogP contribution < -0.4 is 5.32 Å². The molecular weight excluding hydrogens is 244 g/mol. The van der Waals surface area contributed by atoms with Crippen LogP contribution in [0.5, 0.6) is 0 Å². The quantitative estimate of drug-likeness (QED) is 0.794. The Bertz CT molecular complexity index is 376. The van der Waals surface area contributed by atoms with Crippen LogP contribution in [-0.2, 0) is 5.54 Å². The highest BCUT2D eigenvalue weighted by Gasteiger charge is 2.30. The highest BCUT2D eigenvalue weighted by Crippen LogP contribution is 2.24. The predicted molar refractivity (Wildman–Crippen MR) is 87.0 cm³/mol. The Kier molecular flexibility index (Phi) is 6.06. The molecule has 1 aliphatic heterocycles. The van der Waals surface area contributed by atoms with E-state index in [9.17, 15) is 0 Å². The molecule has 1 N–H and O–H groups in total. The van der Waals surface area contributed by atoms with E-state index in [0.29, 0.717) is 0 Å². The smallest absolute Gasteiger partial charge is 0.0534 e. The van der Waals surface area contributed by atoms with Crippen molar-refractivity contribution in [2.75, 3.05) is 26.2 Å². The van der Waals surface area contributed by atoms with E-state index in [-0.39, 0.29) is 5.54 Å². The molecule has 112 valence electrons. The van der Waals surface area contributed by atoms with E-state index in [1.165, 1.54) is 50.8 Å². The average Bonchev–Trinajstić information content (AvgIpc) is 2.67. The molecule has 0 saturated carbocycles. The summed E-state index contributed by atoms with van der Waals surface area (Å²) in [6.07, 6.45) is 6.68. The average molecular weight is 274 g/mol. The van der Waals surface area contributed by atoms with Gasteiger partial charge in [-0.15, -0.1) is 0 Å². The summed E-state index contributed by atoms with van der Waals surface area (Å²) in [5.41, 5.74) is 1.52. The van der Waals surface area contributed by atoms with E-state index in [1.54, 1.807) is 0 Å². The normalized spacial score (nSPS) is 24.5. The highest BCUT2D eigenvalue weighted by molar-refractivity contribution is 5.24. The number of hydrogen-bond donors (Lipinski definition) is 1. The van der Waals surface area contributed by atoms with Crippen molar-refractivity contribution >= 4 is 0 Å². The van der Waals surface area contributed by atoms with Crippen LogP contribution in [-0.4, -0.2) is 31.1 Å². The van der Waals surface area contributed by atoms with Crippen LogP contribution >= 0.6 is 0 Å². The number of nitrogens with one attached hydrogen (secondary N) is 1. The minimum Gasteiger partial charge on any atom is -0.307 e. The molecule has 0 radical (unpaired) electrons. The van der Waals surface area contributed by atoms with Crippen molar-refractivity contribution in [2.24, 2.45) is 0 Å². The number of hydrogen-bond acceptors (Lipinski definition) is 2. The van der Waals surface area contributed by atoms with Gasteiger partial charge in [-0.2, -0.15) is 0 Å². The standard InChI is InChI=1S/C18H30N2/c1-3-4-5-9-14-20-15-10-13-19-18(2,16-20)17-11-7-6-8-12-17/h6-8,11-12,19H,3-5,9-10,13-16H2,1-2H3. The molecule has 1 heterocycles. The van der Waals surface area contributed by atoms with Crippen LogP contribution in [0.25, 0.3) is 0 Å². The molecule has 1 atom stereocenters. The number of nitrogens with zero attached hydrogens (tertiary/aromatic N) is 1. The van der Waals surface area contributed by atoms with E-state index in [1.807, 2.05) is 0 Å². The molecule has 1 aromatic rings. The highest BCUT2D eigenvalue weighted by atomic mass is 15.2. The largest absolute Gasteiger partial charge is 0.307 e. The molecule has 1 saturated heterocycles. The molecular formula is C18H30N2. The molecule has 0 aliphatic carbocycles. The molecule has 0 spiro atoms. The van der Waals surface area contributed by atoms with Crippen molar-refractivity contribution in [3.63, 3.8) is 0 Å². The number of benzene rings is 1. The van der Waals surface area contributed by atoms with E-state index in [4.69, 9.17) is 0 Å². The third-order valence-corrected chi connectivity index (χ3v) is 4.44. The second-order valence-electron chi connectivity index (χ2n) is 6.32. The van der Waals surface area contributed by atoms with Gasteiger partial charge < -0.3 is 10.2 Å². The number of unbranched alkanes of at least 4 members (excludes halogenated alkanes) is 3. The Hall–Kier alpha value is -0.860. The summed E-state index contributed by atoms with van der Waals surface area (Å²) in [5.74, 6) is 0. The lowest BCUT2D eigenvalue weighted by molar-refractivity contribution is 0.216. The maximum Gasteiger partial charge on any atom is 0.0534 e. The Morgan fingerprint density at radius 3 is 2.70 bits per heavy atom. The Balaban J connectivity index is 1.96. The third kappa shape index (κ3) is 4.32. The predicted octanol–water partition coefficient (Wildman–Crippen LogP) is 3.78. The second kappa shape index (κ2) is 7.80. The first-order valence-corrected chi connectivity index (χ1v) is 8.27. The summed E-state index contributed by atoms with van der Waals surface area (Å²) < 4.78 is 0. The van der Waals surface area contributed by atoms with E-state index in [0.717, 1.165) is 13.1 Å². The van der Waals surface area contributed by atoms with Gasteiger partial charge in [0.25, 0.3) is 0 Å². The molecule has 2 nitrogen and oxygen atoms in total. The topological polar surface area (TPSA) is 15.3 Å². The zero-order valence-electron chi connectivity index (χ0n) is 13.2. The molecule has 0 aromatic heterocycles. The lowest BCUT2D eigenvalue weighted by Crippen LogP contribution is -2.46. The fourth-order valence-corrected chi connectivity index (χ4v) is 3.20. The first kappa shape index (κ1) is 15.5. The van der Waals surface area contributed by atoms with Crippen molar-refractivity contribution in [3.8, 4) is 0 Å². The fourth-order valence-electron chi connectivity index (χ4n) is 3.20. The van der Waals surface area contributed by atoms with Crippen molar-refractivity contribution in [1.29, 1.82) is 0 Å². The Morgan fingerprint density at radius 1 is 1.15 bits per heavy atom. The zero-order chi connectivity index (χ0) is 14.3. The molecule has 0 amide bonds. The summed E-state index contributed by atoms with van der Waals surface area (Å²) in [7, 11) is 0. The zero-order valence-corrected chi connectivity index (χ0v) is 13.2. The summed E-state index contributed by atoms with van der Waals surface area (Å²) in [5, 5.41) is 3.76. The van der Waals surface area contributed by atoms with Gasteiger partial charge in [0, 0.05) is 6.54 Å². The van der Waals surface area contributed by atoms with Gasteiger partial charge in [0.2, 0.25) is 0 Å². The maximum atomic E-state index is 3.76. The molecule has 1 fully saturated rings. The van der Waals surface area contributed by atoms with Crippen molar-refractivity contribution in [3.05, 3.63) is 35.9 Å². The van der Waals surface area contributed by atoms with Gasteiger partial charge in [-0.25, -0.2) is 0 Å². The van der Waals surface area contributed by atoms with Gasteiger partial charge in [-0.05, 0) is 45.0 Å². The van der Waals surface area contributed by atoms with Gasteiger partial charge in [0.05, 0.1) is 5.54 Å². The summed E-state index contributed by atoms with van der Waals surface area (Å²) in [6, 6.07) is 10.9. The van der Waals surface area contributed by atoms with Crippen molar-refractivity contribution < 1.29 is 0 Å². The minimum absolute atomic E-state index is 0.0997. The second-order valence-corrected chi connectivity index (χ2v) is 6.32. The first-order chi connectivity index (χ1) is 9.74. The van der Waals surface area contributed by atoms with Gasteiger partial charge in [-0.3, -0.25) is 0 Å². The Labute approximate surface area is 124 Å². The van der Waals surface area contributed by atoms with Crippen LogP contribution in [0.15, 0.2) is 30.3 Å². The van der Waals surface area contributed by atoms with Crippen LogP contribution in [0.1, 0.15) is 51.5 Å². The summed E-state index contributed by atoms with van der Waals surface area (Å²) in [6.45, 7) is 9.38. The lowest BCUT2D eigenvalue weighted by atomic mass is 9.91. The van der Waals surface area contributed by atoms with Crippen molar-refractivity contribution in [2.45, 2.75) is 51.5 Å².